The summed E-state index contributed by atoms with van der Waals surface area (Å²) in [5, 5.41) is 4.46. The van der Waals surface area contributed by atoms with Crippen molar-refractivity contribution in [2.75, 3.05) is 6.54 Å². The predicted octanol–water partition coefficient (Wildman–Crippen LogP) is 2.32. The van der Waals surface area contributed by atoms with Crippen molar-refractivity contribution in [2.24, 2.45) is 0 Å². The van der Waals surface area contributed by atoms with Crippen molar-refractivity contribution in [1.82, 2.24) is 5.32 Å². The molecule has 0 aliphatic carbocycles. The molecule has 0 aliphatic heterocycles. The molecule has 0 bridgehead atoms. The molecule has 2 rings (SSSR count). The van der Waals surface area contributed by atoms with Gasteiger partial charge >= 0.3 is 5.97 Å². The molecule has 0 saturated heterocycles. The van der Waals surface area contributed by atoms with Crippen LogP contribution >= 0.6 is 11.3 Å². The molecular formula is C15H15NO3S. The molecule has 0 atom stereocenters. The molecule has 1 heterocycles. The molecule has 5 heteroatoms. The van der Waals surface area contributed by atoms with Gasteiger partial charge in [0.2, 0.25) is 5.91 Å². The molecule has 0 saturated carbocycles. The summed E-state index contributed by atoms with van der Waals surface area (Å²) in [5.41, 5.74) is 1.01. The van der Waals surface area contributed by atoms with Crippen LogP contribution in [0.2, 0.25) is 0 Å². The summed E-state index contributed by atoms with van der Waals surface area (Å²) in [6.45, 7) is 1.79. The smallest absolute Gasteiger partial charge is 0.330 e. The van der Waals surface area contributed by atoms with Gasteiger partial charge in [-0.1, -0.05) is 18.2 Å². The highest BCUT2D eigenvalue weighted by Crippen LogP contribution is 2.12. The molecule has 0 fully saturated rings. The van der Waals surface area contributed by atoms with Gasteiger partial charge in [-0.25, -0.2) is 4.79 Å². The molecule has 1 amide bonds. The predicted molar refractivity (Wildman–Crippen MR) is 77.8 cm³/mol. The van der Waals surface area contributed by atoms with E-state index in [1.54, 1.807) is 12.1 Å². The van der Waals surface area contributed by atoms with Crippen molar-refractivity contribution in [3.05, 3.63) is 52.2 Å². The molecule has 1 aromatic carbocycles. The molecule has 104 valence electrons. The summed E-state index contributed by atoms with van der Waals surface area (Å²) in [6, 6.07) is 11.0. The van der Waals surface area contributed by atoms with Crippen LogP contribution in [-0.4, -0.2) is 18.4 Å². The van der Waals surface area contributed by atoms with E-state index in [1.165, 1.54) is 11.3 Å². The van der Waals surface area contributed by atoms with E-state index in [0.29, 0.717) is 5.75 Å². The first-order valence-electron chi connectivity index (χ1n) is 6.20. The summed E-state index contributed by atoms with van der Waals surface area (Å²) < 4.78 is 5.13. The van der Waals surface area contributed by atoms with Crippen LogP contribution in [0.15, 0.2) is 41.8 Å². The standard InChI is InChI=1S/C15H15NO3S/c1-11-4-2-5-12(8-11)19-15(18)10-16-14(17)9-13-6-3-7-20-13/h2-8H,9-10H2,1H3,(H,16,17). The number of carbonyl (C=O) groups excluding carboxylic acids is 2. The number of hydrogen-bond acceptors (Lipinski definition) is 4. The molecule has 2 aromatic rings. The topological polar surface area (TPSA) is 55.4 Å². The number of rotatable bonds is 5. The largest absolute Gasteiger partial charge is 0.425 e. The zero-order valence-electron chi connectivity index (χ0n) is 11.1. The minimum Gasteiger partial charge on any atom is -0.425 e. The van der Waals surface area contributed by atoms with Gasteiger partial charge in [0, 0.05) is 4.88 Å². The second-order valence-corrected chi connectivity index (χ2v) is 5.36. The summed E-state index contributed by atoms with van der Waals surface area (Å²) in [7, 11) is 0. The molecule has 20 heavy (non-hydrogen) atoms. The number of carbonyl (C=O) groups is 2. The lowest BCUT2D eigenvalue weighted by molar-refractivity contribution is -0.135. The Bertz CT molecular complexity index is 593. The fraction of sp³-hybridized carbons (Fsp3) is 0.200. The number of nitrogens with one attached hydrogen (secondary N) is 1. The molecule has 0 radical (unpaired) electrons. The van der Waals surface area contributed by atoms with Gasteiger partial charge in [-0.15, -0.1) is 11.3 Å². The summed E-state index contributed by atoms with van der Waals surface area (Å²) >= 11 is 1.51. The SMILES string of the molecule is Cc1cccc(OC(=O)CNC(=O)Cc2cccs2)c1. The van der Waals surface area contributed by atoms with E-state index < -0.39 is 5.97 Å². The van der Waals surface area contributed by atoms with Gasteiger partial charge < -0.3 is 10.1 Å². The van der Waals surface area contributed by atoms with Crippen LogP contribution in [0, 0.1) is 6.92 Å². The Morgan fingerprint density at radius 1 is 1.25 bits per heavy atom. The molecular weight excluding hydrogens is 274 g/mol. The fourth-order valence-electron chi connectivity index (χ4n) is 1.65. The zero-order valence-corrected chi connectivity index (χ0v) is 11.9. The normalized spacial score (nSPS) is 10.1. The highest BCUT2D eigenvalue weighted by atomic mass is 32.1. The highest BCUT2D eigenvalue weighted by Gasteiger charge is 2.09. The average Bonchev–Trinajstić information content (AvgIpc) is 2.89. The van der Waals surface area contributed by atoms with Gasteiger partial charge in [0.15, 0.2) is 0 Å². The Labute approximate surface area is 121 Å². The maximum absolute atomic E-state index is 11.6. The Kier molecular flexibility index (Phi) is 4.90. The molecule has 4 nitrogen and oxygen atoms in total. The van der Waals surface area contributed by atoms with Crippen LogP contribution in [0.4, 0.5) is 0 Å². The van der Waals surface area contributed by atoms with Gasteiger partial charge in [0.1, 0.15) is 12.3 Å². The molecule has 0 spiro atoms. The third kappa shape index (κ3) is 4.51. The second-order valence-electron chi connectivity index (χ2n) is 4.32. The van der Waals surface area contributed by atoms with Gasteiger partial charge in [0.05, 0.1) is 6.42 Å². The average molecular weight is 289 g/mol. The van der Waals surface area contributed by atoms with Crippen LogP contribution in [0.5, 0.6) is 5.75 Å². The first-order valence-corrected chi connectivity index (χ1v) is 7.08. The maximum Gasteiger partial charge on any atom is 0.330 e. The van der Waals surface area contributed by atoms with E-state index in [4.69, 9.17) is 4.74 Å². The van der Waals surface area contributed by atoms with Crippen LogP contribution in [-0.2, 0) is 16.0 Å². The van der Waals surface area contributed by atoms with Gasteiger partial charge in [-0.05, 0) is 36.1 Å². The van der Waals surface area contributed by atoms with Gasteiger partial charge in [-0.3, -0.25) is 4.79 Å². The zero-order chi connectivity index (χ0) is 14.4. The van der Waals surface area contributed by atoms with Crippen LogP contribution < -0.4 is 10.1 Å². The third-order valence-corrected chi connectivity index (χ3v) is 3.44. The van der Waals surface area contributed by atoms with Crippen LogP contribution in [0.3, 0.4) is 0 Å². The number of benzene rings is 1. The van der Waals surface area contributed by atoms with E-state index in [1.807, 2.05) is 36.6 Å². The van der Waals surface area contributed by atoms with E-state index in [9.17, 15) is 9.59 Å². The lowest BCUT2D eigenvalue weighted by Crippen LogP contribution is -2.32. The number of hydrogen-bond donors (Lipinski definition) is 1. The minimum absolute atomic E-state index is 0.127. The monoisotopic (exact) mass is 289 g/mol. The lowest BCUT2D eigenvalue weighted by atomic mass is 10.2. The summed E-state index contributed by atoms with van der Waals surface area (Å²) in [4.78, 5) is 24.2. The number of ether oxygens (including phenoxy) is 1. The Hall–Kier alpha value is -2.14. The Morgan fingerprint density at radius 2 is 2.10 bits per heavy atom. The molecule has 0 unspecified atom stereocenters. The number of thiophene rings is 1. The first-order chi connectivity index (χ1) is 9.63. The van der Waals surface area contributed by atoms with Crippen molar-refractivity contribution >= 4 is 23.2 Å². The summed E-state index contributed by atoms with van der Waals surface area (Å²) in [5.74, 6) is -0.175. The van der Waals surface area contributed by atoms with Gasteiger partial charge in [0.25, 0.3) is 0 Å². The van der Waals surface area contributed by atoms with E-state index >= 15 is 0 Å². The number of aryl methyl sites for hydroxylation is 1. The number of amides is 1. The van der Waals surface area contributed by atoms with Crippen LogP contribution in [0.1, 0.15) is 10.4 Å². The van der Waals surface area contributed by atoms with Crippen molar-refractivity contribution in [3.8, 4) is 5.75 Å². The van der Waals surface area contributed by atoms with Gasteiger partial charge in [-0.2, -0.15) is 0 Å². The Morgan fingerprint density at radius 3 is 2.80 bits per heavy atom. The van der Waals surface area contributed by atoms with E-state index in [2.05, 4.69) is 5.32 Å². The molecule has 0 aliphatic rings. The van der Waals surface area contributed by atoms with Crippen molar-refractivity contribution < 1.29 is 14.3 Å². The maximum atomic E-state index is 11.6. The minimum atomic E-state index is -0.477. The van der Waals surface area contributed by atoms with E-state index in [-0.39, 0.29) is 18.9 Å². The highest BCUT2D eigenvalue weighted by molar-refractivity contribution is 7.10. The lowest BCUT2D eigenvalue weighted by Gasteiger charge is -2.06. The molecule has 1 aromatic heterocycles. The van der Waals surface area contributed by atoms with E-state index in [0.717, 1.165) is 10.4 Å². The van der Waals surface area contributed by atoms with Crippen molar-refractivity contribution in [2.45, 2.75) is 13.3 Å². The fourth-order valence-corrected chi connectivity index (χ4v) is 2.35. The molecule has 1 N–H and O–H groups in total. The Balaban J connectivity index is 1.76. The number of esters is 1. The van der Waals surface area contributed by atoms with Crippen molar-refractivity contribution in [1.29, 1.82) is 0 Å². The quantitative estimate of drug-likeness (QED) is 0.679. The summed E-state index contributed by atoms with van der Waals surface area (Å²) in [6.07, 6.45) is 0.287. The second kappa shape index (κ2) is 6.86. The first kappa shape index (κ1) is 14.3. The van der Waals surface area contributed by atoms with Crippen LogP contribution in [0.25, 0.3) is 0 Å². The van der Waals surface area contributed by atoms with Crippen molar-refractivity contribution in [3.63, 3.8) is 0 Å². The third-order valence-electron chi connectivity index (χ3n) is 2.57.